The van der Waals surface area contributed by atoms with Gasteiger partial charge in [-0.15, -0.1) is 0 Å². The van der Waals surface area contributed by atoms with Gasteiger partial charge in [0.2, 0.25) is 5.78 Å². The molecule has 0 heterocycles. The summed E-state index contributed by atoms with van der Waals surface area (Å²) in [6, 6.07) is 11.4. The number of ether oxygens (including phenoxy) is 1. The number of phenolic OH excluding ortho intramolecular Hbond substituents is 1. The Morgan fingerprint density at radius 2 is 1.82 bits per heavy atom. The molecule has 1 saturated carbocycles. The maximum Gasteiger partial charge on any atom is 0.255 e. The van der Waals surface area contributed by atoms with Crippen molar-refractivity contribution in [1.82, 2.24) is 4.90 Å². The maximum atomic E-state index is 14.0. The molecule has 3 aliphatic carbocycles. The van der Waals surface area contributed by atoms with Gasteiger partial charge in [0.1, 0.15) is 23.7 Å². The van der Waals surface area contributed by atoms with Gasteiger partial charge in [0.15, 0.2) is 17.2 Å². The molecular formula is C29H30N2O7. The highest BCUT2D eigenvalue weighted by Gasteiger charge is 2.67. The lowest BCUT2D eigenvalue weighted by Crippen LogP contribution is -2.69. The molecule has 5 atom stereocenters. The van der Waals surface area contributed by atoms with Gasteiger partial charge in [0, 0.05) is 5.92 Å². The maximum absolute atomic E-state index is 14.0. The van der Waals surface area contributed by atoms with E-state index in [-0.39, 0.29) is 30.1 Å². The minimum Gasteiger partial charge on any atom is -0.507 e. The molecule has 0 aliphatic heterocycles. The second-order valence-electron chi connectivity index (χ2n) is 10.6. The molecule has 0 radical (unpaired) electrons. The van der Waals surface area contributed by atoms with Crippen LogP contribution in [0, 0.1) is 24.7 Å². The minimum atomic E-state index is -2.65. The number of hydrogen-bond donors (Lipinski definition) is 3. The van der Waals surface area contributed by atoms with E-state index >= 15 is 0 Å². The Kier molecular flexibility index (Phi) is 6.24. The molecule has 0 spiro atoms. The molecule has 2 aromatic rings. The zero-order valence-electron chi connectivity index (χ0n) is 21.4. The standard InChI is InChI=1S/C29H30N2O7/c1-14-9-10-19(32)21-17(14)11-16-12-18-23(31(2)3)25(38-13-15-7-5-4-6-8-15)22(28(30)36)27(35)29(18,37)26(34)20(16)24(21)33/h4-10,16,18,20,23,32,37H,11-13H2,1-3H3,(H2,30,36)/t16-,18-,20?,23-,29-/m1/s1. The van der Waals surface area contributed by atoms with Crippen LogP contribution >= 0.6 is 0 Å². The molecule has 198 valence electrons. The average molecular weight is 519 g/mol. The summed E-state index contributed by atoms with van der Waals surface area (Å²) in [5, 5.41) is 22.3. The van der Waals surface area contributed by atoms with E-state index in [9.17, 15) is 29.4 Å². The molecule has 0 saturated heterocycles. The number of primary amides is 1. The third-order valence-corrected chi connectivity index (χ3v) is 8.25. The lowest BCUT2D eigenvalue weighted by molar-refractivity contribution is -0.170. The second kappa shape index (κ2) is 9.18. The smallest absolute Gasteiger partial charge is 0.255 e. The van der Waals surface area contributed by atoms with E-state index in [2.05, 4.69) is 0 Å². The second-order valence-corrected chi connectivity index (χ2v) is 10.6. The van der Waals surface area contributed by atoms with Gasteiger partial charge in [-0.05, 0) is 62.5 Å². The van der Waals surface area contributed by atoms with Crippen LogP contribution in [-0.4, -0.2) is 64.1 Å². The first-order valence-corrected chi connectivity index (χ1v) is 12.5. The Bertz CT molecular complexity index is 1400. The summed E-state index contributed by atoms with van der Waals surface area (Å²) in [7, 11) is 3.40. The summed E-state index contributed by atoms with van der Waals surface area (Å²) in [5.41, 5.74) is 4.71. The summed E-state index contributed by atoms with van der Waals surface area (Å²) in [6.45, 7) is 1.87. The molecule has 2 aromatic carbocycles. The highest BCUT2D eigenvalue weighted by molar-refractivity contribution is 6.32. The van der Waals surface area contributed by atoms with Crippen molar-refractivity contribution in [2.45, 2.75) is 38.0 Å². The van der Waals surface area contributed by atoms with Crippen molar-refractivity contribution in [3.8, 4) is 5.75 Å². The van der Waals surface area contributed by atoms with Crippen molar-refractivity contribution in [2.75, 3.05) is 14.1 Å². The van der Waals surface area contributed by atoms with E-state index in [1.807, 2.05) is 37.3 Å². The van der Waals surface area contributed by atoms with Crippen molar-refractivity contribution < 1.29 is 34.1 Å². The number of amides is 1. The molecule has 0 bridgehead atoms. The molecule has 0 aromatic heterocycles. The third-order valence-electron chi connectivity index (χ3n) is 8.25. The van der Waals surface area contributed by atoms with Gasteiger partial charge in [0.25, 0.3) is 5.91 Å². The van der Waals surface area contributed by atoms with Gasteiger partial charge in [-0.3, -0.25) is 24.1 Å². The van der Waals surface area contributed by atoms with E-state index in [1.54, 1.807) is 25.1 Å². The van der Waals surface area contributed by atoms with Crippen LogP contribution in [0.2, 0.25) is 0 Å². The summed E-state index contributed by atoms with van der Waals surface area (Å²) in [4.78, 5) is 55.6. The van der Waals surface area contributed by atoms with Crippen molar-refractivity contribution >= 4 is 23.3 Å². The number of fused-ring (bicyclic) bond motifs is 3. The van der Waals surface area contributed by atoms with E-state index in [1.165, 1.54) is 6.07 Å². The molecule has 1 amide bonds. The molecule has 4 N–H and O–H groups in total. The largest absolute Gasteiger partial charge is 0.507 e. The summed E-state index contributed by atoms with van der Waals surface area (Å²) in [5.74, 6) is -6.92. The fourth-order valence-corrected chi connectivity index (χ4v) is 6.49. The Hall–Kier alpha value is -3.82. The van der Waals surface area contributed by atoms with Gasteiger partial charge in [0.05, 0.1) is 17.5 Å². The van der Waals surface area contributed by atoms with Gasteiger partial charge < -0.3 is 20.7 Å². The number of carbonyl (C=O) groups excluding carboxylic acids is 4. The van der Waals surface area contributed by atoms with Gasteiger partial charge >= 0.3 is 0 Å². The number of hydrogen-bond acceptors (Lipinski definition) is 8. The third kappa shape index (κ3) is 3.68. The lowest BCUT2D eigenvalue weighted by Gasteiger charge is -2.52. The summed E-state index contributed by atoms with van der Waals surface area (Å²) >= 11 is 0. The number of carbonyl (C=O) groups is 4. The zero-order chi connectivity index (χ0) is 27.5. The van der Waals surface area contributed by atoms with Crippen molar-refractivity contribution in [3.63, 3.8) is 0 Å². The molecule has 1 fully saturated rings. The Balaban J connectivity index is 1.63. The SMILES string of the molecule is Cc1ccc(O)c2c1C[C@@H]1C[C@@H]3[C@@H](N(C)C)C(OCc4ccccc4)=C(C(N)=O)C(=O)[C@]3(O)C(=O)C1C2=O. The van der Waals surface area contributed by atoms with Gasteiger partial charge in [-0.25, -0.2) is 0 Å². The van der Waals surface area contributed by atoms with E-state index in [0.717, 1.165) is 11.1 Å². The number of benzene rings is 2. The van der Waals surface area contributed by atoms with Crippen LogP contribution in [0.3, 0.4) is 0 Å². The Morgan fingerprint density at radius 1 is 1.13 bits per heavy atom. The molecule has 3 aliphatic rings. The topological polar surface area (TPSA) is 147 Å². The van der Waals surface area contributed by atoms with Crippen molar-refractivity contribution in [2.24, 2.45) is 23.5 Å². The van der Waals surface area contributed by atoms with Crippen LogP contribution in [-0.2, 0) is 32.1 Å². The lowest BCUT2D eigenvalue weighted by atomic mass is 9.54. The van der Waals surface area contributed by atoms with Gasteiger partial charge in [-0.1, -0.05) is 36.4 Å². The first kappa shape index (κ1) is 25.8. The van der Waals surface area contributed by atoms with Crippen LogP contribution < -0.4 is 5.73 Å². The number of aromatic hydroxyl groups is 1. The molecule has 5 rings (SSSR count). The summed E-state index contributed by atoms with van der Waals surface area (Å²) < 4.78 is 6.06. The molecule has 1 unspecified atom stereocenters. The normalized spacial score (nSPS) is 28.6. The van der Waals surface area contributed by atoms with Crippen LogP contribution in [0.1, 0.15) is 33.5 Å². The first-order chi connectivity index (χ1) is 18.0. The molecule has 38 heavy (non-hydrogen) atoms. The highest BCUT2D eigenvalue weighted by Crippen LogP contribution is 2.52. The number of Topliss-reactive ketones (excluding diaryl/α,β-unsaturated/α-hetero) is 3. The predicted molar refractivity (Wildman–Crippen MR) is 136 cm³/mol. The van der Waals surface area contributed by atoms with Crippen molar-refractivity contribution in [1.29, 1.82) is 0 Å². The fraction of sp³-hybridized carbons (Fsp3) is 0.379. The van der Waals surface area contributed by atoms with E-state index < -0.39 is 58.2 Å². The monoisotopic (exact) mass is 518 g/mol. The number of aryl methyl sites for hydroxylation is 1. The van der Waals surface area contributed by atoms with Crippen LogP contribution in [0.5, 0.6) is 5.75 Å². The zero-order valence-corrected chi connectivity index (χ0v) is 21.4. The number of rotatable bonds is 5. The number of likely N-dealkylation sites (N-methyl/N-ethyl adjacent to an activating group) is 1. The van der Waals surface area contributed by atoms with E-state index in [4.69, 9.17) is 10.5 Å². The fourth-order valence-electron chi connectivity index (χ4n) is 6.49. The molecular weight excluding hydrogens is 488 g/mol. The molecule has 9 heteroatoms. The number of nitrogens with zero attached hydrogens (tertiary/aromatic N) is 1. The minimum absolute atomic E-state index is 0.00800. The van der Waals surface area contributed by atoms with E-state index in [0.29, 0.717) is 12.0 Å². The number of ketones is 3. The average Bonchev–Trinajstić information content (AvgIpc) is 2.87. The number of aliphatic hydroxyl groups is 1. The Labute approximate surface area is 219 Å². The number of nitrogens with two attached hydrogens (primary N) is 1. The quantitative estimate of drug-likeness (QED) is 0.398. The molecule has 9 nitrogen and oxygen atoms in total. The van der Waals surface area contributed by atoms with Gasteiger partial charge in [-0.2, -0.15) is 0 Å². The predicted octanol–water partition coefficient (Wildman–Crippen LogP) is 1.46. The van der Waals surface area contributed by atoms with Crippen LogP contribution in [0.25, 0.3) is 0 Å². The van der Waals surface area contributed by atoms with Crippen LogP contribution in [0.15, 0.2) is 53.8 Å². The van der Waals surface area contributed by atoms with Crippen LogP contribution in [0.4, 0.5) is 0 Å². The number of phenols is 1. The van der Waals surface area contributed by atoms with Crippen molar-refractivity contribution in [3.05, 3.63) is 76.1 Å². The first-order valence-electron chi connectivity index (χ1n) is 12.5. The Morgan fingerprint density at radius 3 is 2.45 bits per heavy atom. The summed E-state index contributed by atoms with van der Waals surface area (Å²) in [6.07, 6.45) is 0.469. The highest BCUT2D eigenvalue weighted by atomic mass is 16.5.